The number of aromatic hydroxyl groups is 1. The van der Waals surface area contributed by atoms with Gasteiger partial charge in [0.05, 0.1) is 0 Å². The van der Waals surface area contributed by atoms with Gasteiger partial charge in [-0.25, -0.2) is 4.98 Å². The molecular weight excluding hydrogens is 168 g/mol. The van der Waals surface area contributed by atoms with Gasteiger partial charge in [-0.15, -0.1) is 0 Å². The Labute approximate surface area is 75.0 Å². The number of phenolic OH excluding ortho intramolecular Hbond substituents is 1. The molecule has 0 bridgehead atoms. The Morgan fingerprint density at radius 1 is 1.54 bits per heavy atom. The van der Waals surface area contributed by atoms with E-state index in [4.69, 9.17) is 10.2 Å². The van der Waals surface area contributed by atoms with E-state index < -0.39 is 0 Å². The third-order valence-corrected chi connectivity index (χ3v) is 1.94. The van der Waals surface area contributed by atoms with E-state index in [0.29, 0.717) is 29.1 Å². The number of fused-ring (bicyclic) bond motifs is 1. The molecule has 2 aromatic rings. The van der Waals surface area contributed by atoms with Crippen LogP contribution in [0, 0.1) is 6.92 Å². The van der Waals surface area contributed by atoms with Gasteiger partial charge in [0.2, 0.25) is 0 Å². The lowest BCUT2D eigenvalue weighted by molar-refractivity contribution is 0.454. The zero-order chi connectivity index (χ0) is 9.42. The van der Waals surface area contributed by atoms with Gasteiger partial charge in [-0.05, 0) is 6.07 Å². The van der Waals surface area contributed by atoms with E-state index >= 15 is 0 Å². The third-order valence-electron chi connectivity index (χ3n) is 1.94. The van der Waals surface area contributed by atoms with Crippen LogP contribution in [0.1, 0.15) is 11.5 Å². The Morgan fingerprint density at radius 3 is 3.00 bits per heavy atom. The molecule has 1 aromatic carbocycles. The topological polar surface area (TPSA) is 72.3 Å². The highest BCUT2D eigenvalue weighted by Gasteiger charge is 2.10. The summed E-state index contributed by atoms with van der Waals surface area (Å²) in [6.07, 6.45) is 0. The largest absolute Gasteiger partial charge is 0.504 e. The van der Waals surface area contributed by atoms with Crippen molar-refractivity contribution in [1.82, 2.24) is 4.98 Å². The van der Waals surface area contributed by atoms with Crippen molar-refractivity contribution < 1.29 is 9.52 Å². The Kier molecular flexibility index (Phi) is 1.70. The summed E-state index contributed by atoms with van der Waals surface area (Å²) in [7, 11) is 0. The van der Waals surface area contributed by atoms with Crippen molar-refractivity contribution in [1.29, 1.82) is 0 Å². The highest BCUT2D eigenvalue weighted by atomic mass is 16.4. The van der Waals surface area contributed by atoms with E-state index in [1.165, 1.54) is 0 Å². The summed E-state index contributed by atoms with van der Waals surface area (Å²) in [5.74, 6) is 0.639. The van der Waals surface area contributed by atoms with E-state index in [9.17, 15) is 5.11 Å². The molecule has 3 N–H and O–H groups in total. The minimum Gasteiger partial charge on any atom is -0.504 e. The molecule has 0 aliphatic carbocycles. The Hall–Kier alpha value is -1.55. The molecule has 1 aromatic heterocycles. The highest BCUT2D eigenvalue weighted by molar-refractivity contribution is 5.80. The summed E-state index contributed by atoms with van der Waals surface area (Å²) in [5.41, 5.74) is 7.17. The predicted molar refractivity (Wildman–Crippen MR) is 48.3 cm³/mol. The van der Waals surface area contributed by atoms with E-state index in [2.05, 4.69) is 4.98 Å². The second kappa shape index (κ2) is 2.74. The van der Waals surface area contributed by atoms with E-state index in [-0.39, 0.29) is 5.75 Å². The summed E-state index contributed by atoms with van der Waals surface area (Å²) >= 11 is 0. The molecule has 0 atom stereocenters. The van der Waals surface area contributed by atoms with Crippen LogP contribution in [0.15, 0.2) is 16.5 Å². The molecule has 4 nitrogen and oxygen atoms in total. The maximum Gasteiger partial charge on any atom is 0.196 e. The van der Waals surface area contributed by atoms with Crippen LogP contribution in [0.4, 0.5) is 0 Å². The van der Waals surface area contributed by atoms with Crippen molar-refractivity contribution >= 4 is 11.1 Å². The standard InChI is InChI=1S/C9H10N2O2/c1-5-11-7-3-2-6(4-10)8(12)9(7)13-5/h2-3,12H,4,10H2,1H3. The summed E-state index contributed by atoms with van der Waals surface area (Å²) in [6.45, 7) is 2.03. The normalized spacial score (nSPS) is 10.9. The Morgan fingerprint density at radius 2 is 2.31 bits per heavy atom. The number of nitrogens with two attached hydrogens (primary N) is 1. The number of benzene rings is 1. The number of aryl methyl sites for hydroxylation is 1. The second-order valence-electron chi connectivity index (χ2n) is 2.86. The lowest BCUT2D eigenvalue weighted by Crippen LogP contribution is -1.96. The second-order valence-corrected chi connectivity index (χ2v) is 2.86. The van der Waals surface area contributed by atoms with E-state index in [1.807, 2.05) is 0 Å². The van der Waals surface area contributed by atoms with Gasteiger partial charge in [0.1, 0.15) is 5.52 Å². The van der Waals surface area contributed by atoms with Gasteiger partial charge in [0.25, 0.3) is 0 Å². The summed E-state index contributed by atoms with van der Waals surface area (Å²) in [6, 6.07) is 3.54. The summed E-state index contributed by atoms with van der Waals surface area (Å²) < 4.78 is 5.22. The van der Waals surface area contributed by atoms with Crippen LogP contribution in [0.3, 0.4) is 0 Å². The Balaban J connectivity index is 2.78. The highest BCUT2D eigenvalue weighted by Crippen LogP contribution is 2.28. The zero-order valence-corrected chi connectivity index (χ0v) is 7.24. The average Bonchev–Trinajstić information content (AvgIpc) is 2.47. The lowest BCUT2D eigenvalue weighted by Gasteiger charge is -1.99. The zero-order valence-electron chi connectivity index (χ0n) is 7.24. The molecule has 13 heavy (non-hydrogen) atoms. The molecule has 4 heteroatoms. The fourth-order valence-electron chi connectivity index (χ4n) is 1.29. The summed E-state index contributed by atoms with van der Waals surface area (Å²) in [5, 5.41) is 9.65. The first-order valence-electron chi connectivity index (χ1n) is 4.00. The quantitative estimate of drug-likeness (QED) is 0.690. The number of oxazole rings is 1. The molecule has 2 rings (SSSR count). The third kappa shape index (κ3) is 1.15. The first kappa shape index (κ1) is 8.07. The van der Waals surface area contributed by atoms with Crippen molar-refractivity contribution in [2.24, 2.45) is 5.73 Å². The van der Waals surface area contributed by atoms with Crippen LogP contribution in [0.25, 0.3) is 11.1 Å². The molecule has 0 spiro atoms. The molecule has 0 aliphatic rings. The molecule has 0 saturated heterocycles. The lowest BCUT2D eigenvalue weighted by atomic mass is 10.2. The number of hydrogen-bond acceptors (Lipinski definition) is 4. The average molecular weight is 178 g/mol. The van der Waals surface area contributed by atoms with Crippen LogP contribution in [-0.2, 0) is 6.54 Å². The smallest absolute Gasteiger partial charge is 0.196 e. The van der Waals surface area contributed by atoms with Gasteiger partial charge in [-0.1, -0.05) is 6.07 Å². The fraction of sp³-hybridized carbons (Fsp3) is 0.222. The minimum absolute atomic E-state index is 0.0978. The van der Waals surface area contributed by atoms with Gasteiger partial charge < -0.3 is 15.3 Å². The molecule has 0 radical (unpaired) electrons. The van der Waals surface area contributed by atoms with Crippen LogP contribution < -0.4 is 5.73 Å². The van der Waals surface area contributed by atoms with Crippen LogP contribution >= 0.6 is 0 Å². The number of hydrogen-bond donors (Lipinski definition) is 2. The Bertz CT molecular complexity index is 448. The number of aromatic nitrogens is 1. The van der Waals surface area contributed by atoms with Gasteiger partial charge in [-0.2, -0.15) is 0 Å². The van der Waals surface area contributed by atoms with Gasteiger partial charge >= 0.3 is 0 Å². The molecule has 0 aliphatic heterocycles. The summed E-state index contributed by atoms with van der Waals surface area (Å²) in [4.78, 5) is 4.08. The van der Waals surface area contributed by atoms with Gasteiger partial charge in [0, 0.05) is 19.0 Å². The molecule has 0 saturated carbocycles. The van der Waals surface area contributed by atoms with Crippen LogP contribution in [-0.4, -0.2) is 10.1 Å². The fourth-order valence-corrected chi connectivity index (χ4v) is 1.29. The molecule has 0 fully saturated rings. The van der Waals surface area contributed by atoms with Gasteiger partial charge in [-0.3, -0.25) is 0 Å². The van der Waals surface area contributed by atoms with Crippen LogP contribution in [0.2, 0.25) is 0 Å². The van der Waals surface area contributed by atoms with Gasteiger partial charge in [0.15, 0.2) is 17.2 Å². The predicted octanol–water partition coefficient (Wildman–Crippen LogP) is 1.30. The maximum atomic E-state index is 9.65. The monoisotopic (exact) mass is 178 g/mol. The van der Waals surface area contributed by atoms with Crippen molar-refractivity contribution in [3.05, 3.63) is 23.6 Å². The molecule has 68 valence electrons. The number of phenols is 1. The van der Waals surface area contributed by atoms with Crippen LogP contribution in [0.5, 0.6) is 5.75 Å². The number of rotatable bonds is 1. The molecule has 0 unspecified atom stereocenters. The number of nitrogens with zero attached hydrogens (tertiary/aromatic N) is 1. The first-order valence-corrected chi connectivity index (χ1v) is 4.00. The van der Waals surface area contributed by atoms with Crippen molar-refractivity contribution in [2.75, 3.05) is 0 Å². The molecule has 1 heterocycles. The van der Waals surface area contributed by atoms with Crippen molar-refractivity contribution in [3.8, 4) is 5.75 Å². The minimum atomic E-state index is 0.0978. The molecule has 0 amide bonds. The maximum absolute atomic E-state index is 9.65. The van der Waals surface area contributed by atoms with Crippen molar-refractivity contribution in [3.63, 3.8) is 0 Å². The van der Waals surface area contributed by atoms with Crippen molar-refractivity contribution in [2.45, 2.75) is 13.5 Å². The molecular formula is C9H10N2O2. The SMILES string of the molecule is Cc1nc2ccc(CN)c(O)c2o1. The first-order chi connectivity index (χ1) is 6.22. The van der Waals surface area contributed by atoms with E-state index in [0.717, 1.165) is 0 Å². The van der Waals surface area contributed by atoms with E-state index in [1.54, 1.807) is 19.1 Å².